The summed E-state index contributed by atoms with van der Waals surface area (Å²) in [6.07, 6.45) is 4.66. The number of carbonyl (C=O) groups is 1. The zero-order valence-corrected chi connectivity index (χ0v) is 24.7. The van der Waals surface area contributed by atoms with Crippen molar-refractivity contribution >= 4 is 5.91 Å². The lowest BCUT2D eigenvalue weighted by molar-refractivity contribution is -0.144. The van der Waals surface area contributed by atoms with Crippen LogP contribution in [-0.4, -0.2) is 55.9 Å². The molecule has 3 heterocycles. The molecule has 0 unspecified atom stereocenters. The quantitative estimate of drug-likeness (QED) is 0.578. The van der Waals surface area contributed by atoms with E-state index in [9.17, 15) is 14.4 Å². The molecular formula is C27H51N5O4. The van der Waals surface area contributed by atoms with Crippen LogP contribution in [0.4, 0.5) is 0 Å². The lowest BCUT2D eigenvalue weighted by Gasteiger charge is -2.30. The van der Waals surface area contributed by atoms with Gasteiger partial charge >= 0.3 is 0 Å². The van der Waals surface area contributed by atoms with E-state index in [0.29, 0.717) is 12.6 Å². The summed E-state index contributed by atoms with van der Waals surface area (Å²) in [5.74, 6) is 0.112. The van der Waals surface area contributed by atoms with Crippen LogP contribution in [-0.2, 0) is 9.53 Å². The molecule has 1 aliphatic rings. The molecule has 0 bridgehead atoms. The number of morpholine rings is 1. The van der Waals surface area contributed by atoms with Crippen molar-refractivity contribution < 1.29 is 9.53 Å². The number of nitrogens with zero attached hydrogens (tertiary/aromatic N) is 5. The lowest BCUT2D eigenvalue weighted by Crippen LogP contribution is -2.45. The Bertz CT molecular complexity index is 834. The van der Waals surface area contributed by atoms with Crippen molar-refractivity contribution in [1.82, 2.24) is 24.2 Å². The molecule has 1 amide bonds. The molecule has 2 aromatic heterocycles. The summed E-state index contributed by atoms with van der Waals surface area (Å²) in [5.41, 5.74) is -0.0394. The van der Waals surface area contributed by atoms with Gasteiger partial charge in [0.2, 0.25) is 5.91 Å². The molecule has 0 spiro atoms. The molecular weight excluding hydrogens is 458 g/mol. The van der Waals surface area contributed by atoms with Crippen molar-refractivity contribution in [3.05, 3.63) is 57.6 Å². The van der Waals surface area contributed by atoms with Crippen molar-refractivity contribution in [3.63, 3.8) is 0 Å². The molecule has 3 rings (SSSR count). The summed E-state index contributed by atoms with van der Waals surface area (Å²) in [6.45, 7) is 25.5. The average molecular weight is 510 g/mol. The first kappa shape index (κ1) is 37.7. The molecule has 9 heteroatoms. The van der Waals surface area contributed by atoms with Gasteiger partial charge in [-0.05, 0) is 47.6 Å². The maximum atomic E-state index is 11.0. The molecule has 2 aromatic rings. The largest absolute Gasteiger partial charge is 0.370 e. The van der Waals surface area contributed by atoms with Crippen LogP contribution < -0.4 is 11.1 Å². The zero-order chi connectivity index (χ0) is 28.7. The number of ether oxygens (including phenoxy) is 1. The minimum absolute atomic E-state index is 0.00463. The second-order valence-corrected chi connectivity index (χ2v) is 7.55. The molecule has 0 N–H and O–H groups in total. The predicted octanol–water partition coefficient (Wildman–Crippen LogP) is 4.98. The minimum Gasteiger partial charge on any atom is -0.370 e. The third kappa shape index (κ3) is 16.0. The normalized spacial score (nSPS) is 11.9. The lowest BCUT2D eigenvalue weighted by atomic mass is 10.3. The van der Waals surface area contributed by atoms with Crippen LogP contribution in [0.15, 0.2) is 46.5 Å². The van der Waals surface area contributed by atoms with Crippen molar-refractivity contribution in [3.8, 4) is 0 Å². The van der Waals surface area contributed by atoms with Gasteiger partial charge in [0.15, 0.2) is 0 Å². The number of carbonyl (C=O) groups excluding carboxylic acids is 1. The van der Waals surface area contributed by atoms with Crippen LogP contribution in [0.25, 0.3) is 0 Å². The second kappa shape index (κ2) is 23.9. The fraction of sp³-hybridized carbons (Fsp3) is 0.667. The smallest absolute Gasteiger partial charge is 0.266 e. The standard InChI is InChI=1S/2C7H10N2O.C7H13NO2.3C2H6/c1-6(2)9-5-8-4-3-7(9)10;1-6(2)9-7(10)4-3-5-8-9;1-6(2)8-3-4-10-5-7(8)9;3*1-2/h2*3-6H,1-2H3;6H,3-5H2,1-2H3;3*1-2H3. The van der Waals surface area contributed by atoms with Crippen LogP contribution in [0.1, 0.15) is 95.2 Å². The second-order valence-electron chi connectivity index (χ2n) is 7.55. The highest BCUT2D eigenvalue weighted by atomic mass is 16.5. The third-order valence-electron chi connectivity index (χ3n) is 4.18. The summed E-state index contributed by atoms with van der Waals surface area (Å²) in [5, 5.41) is 3.88. The number of hydrogen-bond acceptors (Lipinski definition) is 6. The monoisotopic (exact) mass is 509 g/mol. The van der Waals surface area contributed by atoms with E-state index < -0.39 is 0 Å². The molecule has 1 fully saturated rings. The van der Waals surface area contributed by atoms with Crippen LogP contribution in [0.3, 0.4) is 0 Å². The number of hydrogen-bond donors (Lipinski definition) is 0. The number of aromatic nitrogens is 4. The van der Waals surface area contributed by atoms with Gasteiger partial charge in [-0.3, -0.25) is 19.0 Å². The van der Waals surface area contributed by atoms with Gasteiger partial charge in [0.25, 0.3) is 11.1 Å². The zero-order valence-electron chi connectivity index (χ0n) is 24.7. The highest BCUT2D eigenvalue weighted by Gasteiger charge is 2.20. The van der Waals surface area contributed by atoms with Gasteiger partial charge in [-0.2, -0.15) is 5.10 Å². The molecule has 9 nitrogen and oxygen atoms in total. The van der Waals surface area contributed by atoms with E-state index in [-0.39, 0.29) is 35.7 Å². The summed E-state index contributed by atoms with van der Waals surface area (Å²) >= 11 is 0. The van der Waals surface area contributed by atoms with Crippen molar-refractivity contribution in [1.29, 1.82) is 0 Å². The summed E-state index contributed by atoms with van der Waals surface area (Å²) in [7, 11) is 0. The van der Waals surface area contributed by atoms with E-state index >= 15 is 0 Å². The molecule has 0 radical (unpaired) electrons. The van der Waals surface area contributed by atoms with Crippen LogP contribution in [0, 0.1) is 0 Å². The molecule has 0 aromatic carbocycles. The predicted molar refractivity (Wildman–Crippen MR) is 149 cm³/mol. The van der Waals surface area contributed by atoms with E-state index in [2.05, 4.69) is 10.1 Å². The van der Waals surface area contributed by atoms with Gasteiger partial charge in [-0.1, -0.05) is 41.5 Å². The van der Waals surface area contributed by atoms with Gasteiger partial charge in [0.05, 0.1) is 19.0 Å². The third-order valence-corrected chi connectivity index (χ3v) is 4.18. The Hall–Kier alpha value is -2.81. The Morgan fingerprint density at radius 1 is 0.778 bits per heavy atom. The highest BCUT2D eigenvalue weighted by Crippen LogP contribution is 2.03. The van der Waals surface area contributed by atoms with Gasteiger partial charge in [0, 0.05) is 43.2 Å². The Morgan fingerprint density at radius 2 is 1.36 bits per heavy atom. The molecule has 0 aliphatic carbocycles. The Balaban J connectivity index is -0.000000410. The van der Waals surface area contributed by atoms with Crippen LogP contribution >= 0.6 is 0 Å². The van der Waals surface area contributed by atoms with E-state index in [1.165, 1.54) is 23.0 Å². The van der Waals surface area contributed by atoms with E-state index in [0.717, 1.165) is 6.54 Å². The first-order valence-corrected chi connectivity index (χ1v) is 13.1. The highest BCUT2D eigenvalue weighted by molar-refractivity contribution is 5.78. The topological polar surface area (TPSA) is 99.3 Å². The van der Waals surface area contributed by atoms with Gasteiger partial charge in [-0.15, -0.1) is 0 Å². The molecule has 36 heavy (non-hydrogen) atoms. The number of amides is 1. The molecule has 1 aliphatic heterocycles. The molecule has 1 saturated heterocycles. The molecule has 208 valence electrons. The average Bonchev–Trinajstić information content (AvgIpc) is 2.89. The Kier molecular flexibility index (Phi) is 25.1. The van der Waals surface area contributed by atoms with Crippen LogP contribution in [0.2, 0.25) is 0 Å². The summed E-state index contributed by atoms with van der Waals surface area (Å²) < 4.78 is 8.00. The maximum Gasteiger partial charge on any atom is 0.266 e. The summed E-state index contributed by atoms with van der Waals surface area (Å²) in [4.78, 5) is 38.6. The van der Waals surface area contributed by atoms with E-state index in [4.69, 9.17) is 4.74 Å². The van der Waals surface area contributed by atoms with Crippen molar-refractivity contribution in [2.75, 3.05) is 19.8 Å². The van der Waals surface area contributed by atoms with E-state index in [1.807, 2.05) is 88.0 Å². The Morgan fingerprint density at radius 3 is 1.69 bits per heavy atom. The van der Waals surface area contributed by atoms with Gasteiger partial charge in [-0.25, -0.2) is 9.67 Å². The SMILES string of the molecule is CC.CC.CC.CC(C)N1CCOCC1=O.CC(C)n1cnccc1=O.CC(C)n1ncccc1=O. The fourth-order valence-electron chi connectivity index (χ4n) is 2.58. The summed E-state index contributed by atoms with van der Waals surface area (Å²) in [6, 6.07) is 5.26. The van der Waals surface area contributed by atoms with Crippen molar-refractivity contribution in [2.24, 2.45) is 0 Å². The maximum absolute atomic E-state index is 11.0. The van der Waals surface area contributed by atoms with Gasteiger partial charge in [0.1, 0.15) is 6.61 Å². The Labute approximate surface area is 218 Å². The first-order valence-electron chi connectivity index (χ1n) is 13.1. The number of rotatable bonds is 3. The molecule has 0 atom stereocenters. The molecule has 0 saturated carbocycles. The van der Waals surface area contributed by atoms with Crippen molar-refractivity contribution in [2.45, 2.75) is 101 Å². The van der Waals surface area contributed by atoms with E-state index in [1.54, 1.807) is 23.2 Å². The minimum atomic E-state index is -0.0440. The van der Waals surface area contributed by atoms with Gasteiger partial charge < -0.3 is 9.64 Å². The first-order chi connectivity index (χ1) is 17.1. The fourth-order valence-corrected chi connectivity index (χ4v) is 2.58. The van der Waals surface area contributed by atoms with Crippen LogP contribution in [0.5, 0.6) is 0 Å².